The van der Waals surface area contributed by atoms with Gasteiger partial charge in [-0.3, -0.25) is 9.69 Å². The van der Waals surface area contributed by atoms with Gasteiger partial charge in [0.25, 0.3) is 0 Å². The Morgan fingerprint density at radius 2 is 2.16 bits per heavy atom. The molecule has 19 heavy (non-hydrogen) atoms. The molecule has 1 N–H and O–H groups in total. The SMILES string of the molecule is Cc1ccsc1C(=O)C1CCCN1C1CCNCC1. The Kier molecular flexibility index (Phi) is 4.01. The Morgan fingerprint density at radius 3 is 2.84 bits per heavy atom. The van der Waals surface area contributed by atoms with E-state index in [1.165, 1.54) is 19.3 Å². The van der Waals surface area contributed by atoms with Crippen molar-refractivity contribution >= 4 is 17.1 Å². The van der Waals surface area contributed by atoms with Gasteiger partial charge in [0.2, 0.25) is 0 Å². The lowest BCUT2D eigenvalue weighted by atomic mass is 10.0. The average Bonchev–Trinajstić information content (AvgIpc) is 3.07. The van der Waals surface area contributed by atoms with Crippen molar-refractivity contribution in [1.82, 2.24) is 10.2 Å². The van der Waals surface area contributed by atoms with Crippen molar-refractivity contribution in [1.29, 1.82) is 0 Å². The van der Waals surface area contributed by atoms with E-state index < -0.39 is 0 Å². The molecule has 3 nitrogen and oxygen atoms in total. The number of hydrogen-bond donors (Lipinski definition) is 1. The van der Waals surface area contributed by atoms with Crippen molar-refractivity contribution in [3.05, 3.63) is 21.9 Å². The molecule has 2 aliphatic rings. The number of carbonyl (C=O) groups is 1. The number of thiophene rings is 1. The van der Waals surface area contributed by atoms with Gasteiger partial charge in [-0.2, -0.15) is 0 Å². The minimum absolute atomic E-state index is 0.139. The molecule has 104 valence electrons. The Balaban J connectivity index is 1.75. The van der Waals surface area contributed by atoms with Crippen LogP contribution in [0.5, 0.6) is 0 Å². The molecule has 2 saturated heterocycles. The van der Waals surface area contributed by atoms with Gasteiger partial charge in [-0.1, -0.05) is 0 Å². The molecule has 0 amide bonds. The maximum Gasteiger partial charge on any atom is 0.190 e. The number of rotatable bonds is 3. The molecule has 0 aromatic carbocycles. The van der Waals surface area contributed by atoms with E-state index >= 15 is 0 Å². The summed E-state index contributed by atoms with van der Waals surface area (Å²) >= 11 is 1.60. The van der Waals surface area contributed by atoms with Crippen LogP contribution in [0.1, 0.15) is 40.9 Å². The maximum atomic E-state index is 12.7. The Labute approximate surface area is 119 Å². The normalized spacial score (nSPS) is 25.8. The van der Waals surface area contributed by atoms with Gasteiger partial charge in [0.1, 0.15) is 0 Å². The van der Waals surface area contributed by atoms with E-state index in [0.29, 0.717) is 11.8 Å². The van der Waals surface area contributed by atoms with Gasteiger partial charge < -0.3 is 5.32 Å². The summed E-state index contributed by atoms with van der Waals surface area (Å²) in [5, 5.41) is 5.44. The van der Waals surface area contributed by atoms with Crippen LogP contribution in [0.25, 0.3) is 0 Å². The number of Topliss-reactive ketones (excluding diaryl/α,β-unsaturated/α-hetero) is 1. The maximum absolute atomic E-state index is 12.7. The summed E-state index contributed by atoms with van der Waals surface area (Å²) < 4.78 is 0. The van der Waals surface area contributed by atoms with Gasteiger partial charge in [0, 0.05) is 6.04 Å². The first-order valence-corrected chi connectivity index (χ1v) is 8.20. The number of ketones is 1. The van der Waals surface area contributed by atoms with Crippen LogP contribution in [0, 0.1) is 6.92 Å². The Morgan fingerprint density at radius 1 is 1.37 bits per heavy atom. The molecular weight excluding hydrogens is 256 g/mol. The first-order valence-electron chi connectivity index (χ1n) is 7.32. The predicted molar refractivity (Wildman–Crippen MR) is 79.0 cm³/mol. The van der Waals surface area contributed by atoms with Crippen molar-refractivity contribution in [2.24, 2.45) is 0 Å². The first kappa shape index (κ1) is 13.3. The number of likely N-dealkylation sites (tertiary alicyclic amines) is 1. The molecule has 1 aromatic rings. The fourth-order valence-corrected chi connectivity index (χ4v) is 4.34. The summed E-state index contributed by atoms with van der Waals surface area (Å²) in [7, 11) is 0. The van der Waals surface area contributed by atoms with Gasteiger partial charge in [0.15, 0.2) is 5.78 Å². The second kappa shape index (κ2) is 5.73. The van der Waals surface area contributed by atoms with Crippen molar-refractivity contribution in [2.75, 3.05) is 19.6 Å². The largest absolute Gasteiger partial charge is 0.317 e. The lowest BCUT2D eigenvalue weighted by molar-refractivity contribution is 0.0787. The van der Waals surface area contributed by atoms with Crippen LogP contribution in [-0.4, -0.2) is 42.4 Å². The molecule has 0 radical (unpaired) electrons. The molecule has 2 aliphatic heterocycles. The summed E-state index contributed by atoms with van der Waals surface area (Å²) in [6, 6.07) is 2.81. The van der Waals surface area contributed by atoms with E-state index in [-0.39, 0.29) is 6.04 Å². The molecule has 1 unspecified atom stereocenters. The van der Waals surface area contributed by atoms with Crippen molar-refractivity contribution in [3.8, 4) is 0 Å². The zero-order chi connectivity index (χ0) is 13.2. The van der Waals surface area contributed by atoms with E-state index in [1.807, 2.05) is 12.3 Å². The fraction of sp³-hybridized carbons (Fsp3) is 0.667. The molecule has 0 spiro atoms. The van der Waals surface area contributed by atoms with Gasteiger partial charge in [-0.15, -0.1) is 11.3 Å². The number of nitrogens with zero attached hydrogens (tertiary/aromatic N) is 1. The fourth-order valence-electron chi connectivity index (χ4n) is 3.42. The molecule has 0 saturated carbocycles. The summed E-state index contributed by atoms with van der Waals surface area (Å²) in [5.74, 6) is 0.364. The summed E-state index contributed by atoms with van der Waals surface area (Å²) in [5.41, 5.74) is 1.15. The second-order valence-corrected chi connectivity index (χ2v) is 6.59. The van der Waals surface area contributed by atoms with Crippen LogP contribution in [0.15, 0.2) is 11.4 Å². The van der Waals surface area contributed by atoms with E-state index in [1.54, 1.807) is 11.3 Å². The number of nitrogens with one attached hydrogen (secondary N) is 1. The summed E-state index contributed by atoms with van der Waals surface area (Å²) in [4.78, 5) is 16.2. The highest BCUT2D eigenvalue weighted by Gasteiger charge is 2.36. The molecule has 1 atom stereocenters. The Hall–Kier alpha value is -0.710. The number of hydrogen-bond acceptors (Lipinski definition) is 4. The minimum Gasteiger partial charge on any atom is -0.317 e. The molecule has 2 fully saturated rings. The molecule has 3 rings (SSSR count). The van der Waals surface area contributed by atoms with Gasteiger partial charge >= 0.3 is 0 Å². The monoisotopic (exact) mass is 278 g/mol. The number of piperidine rings is 1. The van der Waals surface area contributed by atoms with Crippen LogP contribution >= 0.6 is 11.3 Å². The van der Waals surface area contributed by atoms with Gasteiger partial charge in [-0.25, -0.2) is 0 Å². The molecular formula is C15H22N2OS. The van der Waals surface area contributed by atoms with Gasteiger partial charge in [0.05, 0.1) is 10.9 Å². The average molecular weight is 278 g/mol. The van der Waals surface area contributed by atoms with Gasteiger partial charge in [-0.05, 0) is 69.3 Å². The zero-order valence-corrected chi connectivity index (χ0v) is 12.3. The Bertz CT molecular complexity index is 451. The highest BCUT2D eigenvalue weighted by atomic mass is 32.1. The third-order valence-electron chi connectivity index (χ3n) is 4.46. The highest BCUT2D eigenvalue weighted by Crippen LogP contribution is 2.29. The van der Waals surface area contributed by atoms with E-state index in [0.717, 1.165) is 36.5 Å². The topological polar surface area (TPSA) is 32.3 Å². The van der Waals surface area contributed by atoms with Crippen LogP contribution in [0.2, 0.25) is 0 Å². The van der Waals surface area contributed by atoms with E-state index in [4.69, 9.17) is 0 Å². The third kappa shape index (κ3) is 2.62. The minimum atomic E-state index is 0.139. The van der Waals surface area contributed by atoms with E-state index in [2.05, 4.69) is 16.3 Å². The van der Waals surface area contributed by atoms with Crippen LogP contribution < -0.4 is 5.32 Å². The summed E-state index contributed by atoms with van der Waals surface area (Å²) in [6.07, 6.45) is 4.59. The van der Waals surface area contributed by atoms with E-state index in [9.17, 15) is 4.79 Å². The predicted octanol–water partition coefficient (Wildman–Crippen LogP) is 2.46. The van der Waals surface area contributed by atoms with Crippen molar-refractivity contribution < 1.29 is 4.79 Å². The lowest BCUT2D eigenvalue weighted by Crippen LogP contribution is -2.47. The molecule has 4 heteroatoms. The third-order valence-corrected chi connectivity index (χ3v) is 5.49. The zero-order valence-electron chi connectivity index (χ0n) is 11.5. The smallest absolute Gasteiger partial charge is 0.190 e. The summed E-state index contributed by atoms with van der Waals surface area (Å²) in [6.45, 7) is 5.35. The van der Waals surface area contributed by atoms with Crippen molar-refractivity contribution in [2.45, 2.75) is 44.7 Å². The molecule has 1 aromatic heterocycles. The number of aryl methyl sites for hydroxylation is 1. The molecule has 3 heterocycles. The van der Waals surface area contributed by atoms with Crippen LogP contribution in [0.3, 0.4) is 0 Å². The molecule has 0 bridgehead atoms. The van der Waals surface area contributed by atoms with Crippen LogP contribution in [-0.2, 0) is 0 Å². The lowest BCUT2D eigenvalue weighted by Gasteiger charge is -2.35. The number of carbonyl (C=O) groups excluding carboxylic acids is 1. The van der Waals surface area contributed by atoms with Crippen molar-refractivity contribution in [3.63, 3.8) is 0 Å². The quantitative estimate of drug-likeness (QED) is 0.862. The van der Waals surface area contributed by atoms with Crippen LogP contribution in [0.4, 0.5) is 0 Å². The second-order valence-electron chi connectivity index (χ2n) is 5.67. The standard InChI is InChI=1S/C15H22N2OS/c1-11-6-10-19-15(11)14(18)13-3-2-9-17(13)12-4-7-16-8-5-12/h6,10,12-13,16H,2-5,7-9H2,1H3. The molecule has 0 aliphatic carbocycles. The first-order chi connectivity index (χ1) is 9.27. The highest BCUT2D eigenvalue weighted by molar-refractivity contribution is 7.12.